The van der Waals surface area contributed by atoms with Crippen molar-refractivity contribution in [1.82, 2.24) is 0 Å². The zero-order chi connectivity index (χ0) is 24.7. The molecule has 16 heteroatoms. The maximum Gasteiger partial charge on any atom is 0.460 e. The lowest BCUT2D eigenvalue weighted by atomic mass is 9.98. The van der Waals surface area contributed by atoms with Crippen molar-refractivity contribution >= 4 is 21.8 Å². The highest BCUT2D eigenvalue weighted by Gasteiger charge is 2.86. The van der Waals surface area contributed by atoms with Crippen molar-refractivity contribution < 1.29 is 61.7 Å². The first kappa shape index (κ1) is 26.6. The Hall–Kier alpha value is -2.39. The molecule has 6 nitrogen and oxygen atoms in total. The van der Waals surface area contributed by atoms with Crippen LogP contribution in [-0.2, 0) is 19.8 Å². The first-order valence-corrected chi connectivity index (χ1v) is 9.20. The Balaban J connectivity index is 3.07. The predicted octanol–water partition coefficient (Wildman–Crippen LogP) is 4.74. The molecule has 1 rings (SSSR count). The number of carbonyl (C=O) groups excluding carboxylic acids is 1. The number of nitrogens with one attached hydrogen (secondary N) is 1. The Kier molecular flexibility index (Phi) is 6.83. The molecule has 0 unspecified atom stereocenters. The maximum atomic E-state index is 13.6. The van der Waals surface area contributed by atoms with E-state index in [-0.39, 0.29) is 5.69 Å². The second-order valence-corrected chi connectivity index (χ2v) is 8.55. The van der Waals surface area contributed by atoms with Gasteiger partial charge in [-0.1, -0.05) is 0 Å². The molecular formula is C15H14F9NO5S. The molecule has 0 amide bonds. The standard InChI is InChI=1S/C15H14F9NO5S/c1-11(2,3)10(26)29-25-8-4-6-9(7-5-8)30-31(27,28)15(23,24)13(18,19)12(16,17)14(20,21)22/h4-7,25H,1-3H3. The van der Waals surface area contributed by atoms with E-state index < -0.39 is 50.5 Å². The third kappa shape index (κ3) is 5.10. The van der Waals surface area contributed by atoms with E-state index in [4.69, 9.17) is 0 Å². The van der Waals surface area contributed by atoms with Crippen LogP contribution in [-0.4, -0.2) is 37.7 Å². The first-order valence-electron chi connectivity index (χ1n) is 7.79. The third-order valence-corrected chi connectivity index (χ3v) is 4.66. The fourth-order valence-corrected chi connectivity index (χ4v) is 2.44. The van der Waals surface area contributed by atoms with Gasteiger partial charge in [0.25, 0.3) is 0 Å². The molecule has 1 N–H and O–H groups in total. The van der Waals surface area contributed by atoms with E-state index in [0.717, 1.165) is 12.1 Å². The van der Waals surface area contributed by atoms with Gasteiger partial charge in [-0.05, 0) is 45.0 Å². The number of halogens is 9. The topological polar surface area (TPSA) is 81.7 Å². The van der Waals surface area contributed by atoms with E-state index in [0.29, 0.717) is 12.1 Å². The molecule has 0 aliphatic carbocycles. The summed E-state index contributed by atoms with van der Waals surface area (Å²) in [5, 5.41) is -6.97. The molecule has 0 saturated heterocycles. The molecule has 0 bridgehead atoms. The zero-order valence-electron chi connectivity index (χ0n) is 15.7. The molecule has 0 fully saturated rings. The summed E-state index contributed by atoms with van der Waals surface area (Å²) in [6.07, 6.45) is -7.19. The highest BCUT2D eigenvalue weighted by atomic mass is 32.2. The van der Waals surface area contributed by atoms with E-state index in [1.807, 2.05) is 0 Å². The molecule has 0 heterocycles. The lowest BCUT2D eigenvalue weighted by Crippen LogP contribution is -2.63. The van der Waals surface area contributed by atoms with E-state index in [1.54, 1.807) is 0 Å². The number of rotatable bonds is 7. The van der Waals surface area contributed by atoms with Crippen LogP contribution >= 0.6 is 0 Å². The molecule has 31 heavy (non-hydrogen) atoms. The van der Waals surface area contributed by atoms with Gasteiger partial charge >= 0.3 is 39.4 Å². The van der Waals surface area contributed by atoms with Crippen molar-refractivity contribution in [3.05, 3.63) is 24.3 Å². The zero-order valence-corrected chi connectivity index (χ0v) is 16.5. The lowest BCUT2D eigenvalue weighted by molar-refractivity contribution is -0.382. The van der Waals surface area contributed by atoms with Gasteiger partial charge in [-0.2, -0.15) is 47.9 Å². The van der Waals surface area contributed by atoms with Crippen LogP contribution in [0.15, 0.2) is 24.3 Å². The molecule has 0 atom stereocenters. The summed E-state index contributed by atoms with van der Waals surface area (Å²) in [7, 11) is -7.04. The van der Waals surface area contributed by atoms with Gasteiger partial charge in [-0.15, -0.1) is 0 Å². The van der Waals surface area contributed by atoms with Gasteiger partial charge in [-0.25, -0.2) is 10.3 Å². The van der Waals surface area contributed by atoms with Gasteiger partial charge in [0.15, 0.2) is 0 Å². The largest absolute Gasteiger partial charge is 0.460 e. The minimum atomic E-state index is -7.40. The van der Waals surface area contributed by atoms with Gasteiger partial charge in [0.2, 0.25) is 0 Å². The molecule has 0 aromatic heterocycles. The molecule has 1 aromatic rings. The van der Waals surface area contributed by atoms with Crippen molar-refractivity contribution in [2.45, 2.75) is 44.0 Å². The molecule has 178 valence electrons. The number of carbonyl (C=O) groups is 1. The van der Waals surface area contributed by atoms with Gasteiger partial charge in [0.05, 0.1) is 11.1 Å². The summed E-state index contributed by atoms with van der Waals surface area (Å²) in [4.78, 5) is 16.2. The number of benzene rings is 1. The van der Waals surface area contributed by atoms with E-state index in [2.05, 4.69) is 14.5 Å². The van der Waals surface area contributed by atoms with E-state index >= 15 is 0 Å². The number of anilines is 1. The summed E-state index contributed by atoms with van der Waals surface area (Å²) in [6.45, 7) is 4.49. The van der Waals surface area contributed by atoms with Crippen molar-refractivity contribution in [3.8, 4) is 5.75 Å². The molecule has 0 aliphatic heterocycles. The van der Waals surface area contributed by atoms with Crippen LogP contribution in [0.5, 0.6) is 5.75 Å². The van der Waals surface area contributed by atoms with E-state index in [9.17, 15) is 52.7 Å². The van der Waals surface area contributed by atoms with Crippen molar-refractivity contribution in [2.24, 2.45) is 5.41 Å². The van der Waals surface area contributed by atoms with Gasteiger partial charge < -0.3 is 9.02 Å². The van der Waals surface area contributed by atoms with Crippen LogP contribution in [0.25, 0.3) is 0 Å². The Morgan fingerprint density at radius 1 is 0.839 bits per heavy atom. The van der Waals surface area contributed by atoms with Gasteiger partial charge in [-0.3, -0.25) is 0 Å². The maximum absolute atomic E-state index is 13.6. The Bertz CT molecular complexity index is 906. The normalized spacial score (nSPS) is 14.2. The smallest absolute Gasteiger partial charge is 0.378 e. The second-order valence-electron chi connectivity index (χ2n) is 6.97. The van der Waals surface area contributed by atoms with Gasteiger partial charge in [0, 0.05) is 0 Å². The summed E-state index contributed by atoms with van der Waals surface area (Å²) in [5.41, 5.74) is 1.06. The lowest BCUT2D eigenvalue weighted by Gasteiger charge is -2.32. The number of hydrogen-bond donors (Lipinski definition) is 1. The molecule has 0 radical (unpaired) electrons. The SMILES string of the molecule is CC(C)(C)C(=O)ONc1ccc(OS(=O)(=O)C(F)(F)C(F)(F)C(F)(F)C(F)(F)F)cc1. The van der Waals surface area contributed by atoms with Crippen LogP contribution in [0.3, 0.4) is 0 Å². The average Bonchev–Trinajstić information content (AvgIpc) is 2.58. The summed E-state index contributed by atoms with van der Waals surface area (Å²) < 4.78 is 142. The van der Waals surface area contributed by atoms with E-state index in [1.165, 1.54) is 20.8 Å². The summed E-state index contributed by atoms with van der Waals surface area (Å²) in [6, 6.07) is 2.75. The highest BCUT2D eigenvalue weighted by molar-refractivity contribution is 7.88. The van der Waals surface area contributed by atoms with Crippen LogP contribution in [0.4, 0.5) is 45.2 Å². The molecular weight excluding hydrogens is 477 g/mol. The third-order valence-electron chi connectivity index (χ3n) is 3.36. The molecule has 0 spiro atoms. The van der Waals surface area contributed by atoms with Crippen LogP contribution in [0, 0.1) is 5.41 Å². The minimum absolute atomic E-state index is 0.0944. The Morgan fingerprint density at radius 2 is 1.29 bits per heavy atom. The monoisotopic (exact) mass is 491 g/mol. The highest BCUT2D eigenvalue weighted by Crippen LogP contribution is 2.54. The summed E-state index contributed by atoms with van der Waals surface area (Å²) >= 11 is 0. The fourth-order valence-electron chi connectivity index (χ4n) is 1.53. The van der Waals surface area contributed by atoms with Crippen molar-refractivity contribution in [1.29, 1.82) is 0 Å². The van der Waals surface area contributed by atoms with Gasteiger partial charge in [0.1, 0.15) is 5.75 Å². The minimum Gasteiger partial charge on any atom is -0.378 e. The first-order chi connectivity index (χ1) is 13.6. The number of hydrogen-bond acceptors (Lipinski definition) is 6. The summed E-state index contributed by atoms with van der Waals surface area (Å²) in [5.74, 6) is -16.7. The Labute approximate surface area is 169 Å². The van der Waals surface area contributed by atoms with Crippen LogP contribution in [0.2, 0.25) is 0 Å². The quantitative estimate of drug-likeness (QED) is 0.337. The second kappa shape index (κ2) is 7.94. The van der Waals surface area contributed by atoms with Crippen molar-refractivity contribution in [3.63, 3.8) is 0 Å². The van der Waals surface area contributed by atoms with Crippen LogP contribution in [0.1, 0.15) is 20.8 Å². The Morgan fingerprint density at radius 3 is 1.68 bits per heavy atom. The predicted molar refractivity (Wildman–Crippen MR) is 86.1 cm³/mol. The molecule has 0 aliphatic rings. The van der Waals surface area contributed by atoms with Crippen molar-refractivity contribution in [2.75, 3.05) is 5.48 Å². The molecule has 0 saturated carbocycles. The van der Waals surface area contributed by atoms with Crippen LogP contribution < -0.4 is 9.66 Å². The molecule has 1 aromatic carbocycles. The fraction of sp³-hybridized carbons (Fsp3) is 0.533. The average molecular weight is 491 g/mol. The number of alkyl halides is 9.